The minimum absolute atomic E-state index is 0.0233. The Hall–Kier alpha value is -2.16. The highest BCUT2D eigenvalue weighted by atomic mass is 16.1. The van der Waals surface area contributed by atoms with Gasteiger partial charge in [-0.1, -0.05) is 25.0 Å². The van der Waals surface area contributed by atoms with Crippen LogP contribution in [0.25, 0.3) is 0 Å². The average Bonchev–Trinajstić information content (AvgIpc) is 3.08. The second-order valence-electron chi connectivity index (χ2n) is 5.64. The summed E-state index contributed by atoms with van der Waals surface area (Å²) in [4.78, 5) is 16.1. The van der Waals surface area contributed by atoms with Crippen LogP contribution in [0, 0.1) is 0 Å². The van der Waals surface area contributed by atoms with Crippen molar-refractivity contribution in [3.8, 4) is 0 Å². The minimum atomic E-state index is -0.0233. The predicted octanol–water partition coefficient (Wildman–Crippen LogP) is 3.67. The molecule has 1 aromatic carbocycles. The molecular weight excluding hydrogens is 260 g/mol. The van der Waals surface area contributed by atoms with E-state index < -0.39 is 0 Å². The molecule has 0 aliphatic heterocycles. The van der Waals surface area contributed by atoms with E-state index in [9.17, 15) is 4.79 Å². The summed E-state index contributed by atoms with van der Waals surface area (Å²) in [6, 6.07) is 11.9. The van der Waals surface area contributed by atoms with Crippen molar-refractivity contribution in [1.82, 2.24) is 10.3 Å². The van der Waals surface area contributed by atoms with E-state index in [1.54, 1.807) is 12.4 Å². The van der Waals surface area contributed by atoms with Crippen LogP contribution in [0.2, 0.25) is 0 Å². The van der Waals surface area contributed by atoms with Crippen molar-refractivity contribution >= 4 is 5.91 Å². The Kier molecular flexibility index (Phi) is 4.29. The topological polar surface area (TPSA) is 42.0 Å². The number of benzene rings is 1. The first-order valence-electron chi connectivity index (χ1n) is 7.60. The van der Waals surface area contributed by atoms with Gasteiger partial charge in [-0.15, -0.1) is 0 Å². The van der Waals surface area contributed by atoms with Crippen molar-refractivity contribution in [2.24, 2.45) is 0 Å². The van der Waals surface area contributed by atoms with Gasteiger partial charge in [-0.2, -0.15) is 0 Å². The van der Waals surface area contributed by atoms with Crippen molar-refractivity contribution in [2.75, 3.05) is 0 Å². The second-order valence-corrected chi connectivity index (χ2v) is 5.64. The maximum Gasteiger partial charge on any atom is 0.251 e. The summed E-state index contributed by atoms with van der Waals surface area (Å²) in [7, 11) is 0. The SMILES string of the molecule is O=C(NCc1ccncc1)c1ccc(C2CCCC2)cc1. The fraction of sp³-hybridized carbons (Fsp3) is 0.333. The smallest absolute Gasteiger partial charge is 0.251 e. The van der Waals surface area contributed by atoms with E-state index in [0.717, 1.165) is 11.1 Å². The Balaban J connectivity index is 1.59. The molecule has 1 amide bonds. The van der Waals surface area contributed by atoms with Crippen LogP contribution in [0.3, 0.4) is 0 Å². The van der Waals surface area contributed by atoms with E-state index >= 15 is 0 Å². The minimum Gasteiger partial charge on any atom is -0.348 e. The second kappa shape index (κ2) is 6.53. The Morgan fingerprint density at radius 3 is 2.38 bits per heavy atom. The molecule has 1 saturated carbocycles. The Bertz CT molecular complexity index is 586. The van der Waals surface area contributed by atoms with E-state index in [2.05, 4.69) is 22.4 Å². The summed E-state index contributed by atoms with van der Waals surface area (Å²) < 4.78 is 0. The number of carbonyl (C=O) groups excluding carboxylic acids is 1. The van der Waals surface area contributed by atoms with E-state index in [-0.39, 0.29) is 5.91 Å². The van der Waals surface area contributed by atoms with Crippen LogP contribution < -0.4 is 5.32 Å². The summed E-state index contributed by atoms with van der Waals surface area (Å²) in [5, 5.41) is 2.94. The molecule has 108 valence electrons. The van der Waals surface area contributed by atoms with Gasteiger partial charge in [0.1, 0.15) is 0 Å². The number of aromatic nitrogens is 1. The summed E-state index contributed by atoms with van der Waals surface area (Å²) in [6.07, 6.45) is 8.70. The third-order valence-electron chi connectivity index (χ3n) is 4.20. The molecule has 1 aromatic heterocycles. The highest BCUT2D eigenvalue weighted by Gasteiger charge is 2.17. The molecule has 3 nitrogen and oxygen atoms in total. The summed E-state index contributed by atoms with van der Waals surface area (Å²) in [6.45, 7) is 0.533. The van der Waals surface area contributed by atoms with Crippen molar-refractivity contribution in [3.05, 3.63) is 65.5 Å². The van der Waals surface area contributed by atoms with Gasteiger partial charge >= 0.3 is 0 Å². The molecule has 1 aliphatic carbocycles. The molecule has 2 aromatic rings. The lowest BCUT2D eigenvalue weighted by Gasteiger charge is -2.10. The number of hydrogen-bond acceptors (Lipinski definition) is 2. The van der Waals surface area contributed by atoms with Crippen LogP contribution in [0.15, 0.2) is 48.8 Å². The van der Waals surface area contributed by atoms with Crippen LogP contribution in [-0.2, 0) is 6.54 Å². The Morgan fingerprint density at radius 2 is 1.71 bits per heavy atom. The molecule has 0 bridgehead atoms. The quantitative estimate of drug-likeness (QED) is 0.928. The zero-order valence-corrected chi connectivity index (χ0v) is 12.1. The monoisotopic (exact) mass is 280 g/mol. The van der Waals surface area contributed by atoms with Gasteiger partial charge in [0.2, 0.25) is 0 Å². The molecule has 0 unspecified atom stereocenters. The fourth-order valence-electron chi connectivity index (χ4n) is 2.95. The lowest BCUT2D eigenvalue weighted by atomic mass is 9.96. The normalized spacial score (nSPS) is 15.0. The first-order chi connectivity index (χ1) is 10.3. The predicted molar refractivity (Wildman–Crippen MR) is 83.1 cm³/mol. The third kappa shape index (κ3) is 3.48. The van der Waals surface area contributed by atoms with E-state index in [1.807, 2.05) is 24.3 Å². The number of carbonyl (C=O) groups is 1. The summed E-state index contributed by atoms with van der Waals surface area (Å²) in [5.74, 6) is 0.670. The molecule has 0 saturated heterocycles. The van der Waals surface area contributed by atoms with E-state index in [1.165, 1.54) is 31.2 Å². The fourth-order valence-corrected chi connectivity index (χ4v) is 2.95. The van der Waals surface area contributed by atoms with Gasteiger partial charge in [-0.25, -0.2) is 0 Å². The molecule has 1 N–H and O–H groups in total. The molecule has 3 heteroatoms. The number of hydrogen-bond donors (Lipinski definition) is 1. The van der Waals surface area contributed by atoms with Gasteiger partial charge in [0.05, 0.1) is 0 Å². The van der Waals surface area contributed by atoms with Crippen LogP contribution in [0.4, 0.5) is 0 Å². The number of rotatable bonds is 4. The molecule has 1 heterocycles. The number of pyridine rings is 1. The molecule has 0 atom stereocenters. The molecule has 0 spiro atoms. The van der Waals surface area contributed by atoms with E-state index in [0.29, 0.717) is 12.5 Å². The van der Waals surface area contributed by atoms with Crippen molar-refractivity contribution in [1.29, 1.82) is 0 Å². The molecule has 3 rings (SSSR count). The van der Waals surface area contributed by atoms with Gasteiger partial charge < -0.3 is 5.32 Å². The van der Waals surface area contributed by atoms with Gasteiger partial charge in [-0.3, -0.25) is 9.78 Å². The highest BCUT2D eigenvalue weighted by molar-refractivity contribution is 5.94. The lowest BCUT2D eigenvalue weighted by Crippen LogP contribution is -2.22. The van der Waals surface area contributed by atoms with Crippen molar-refractivity contribution < 1.29 is 4.79 Å². The summed E-state index contributed by atoms with van der Waals surface area (Å²) >= 11 is 0. The zero-order valence-electron chi connectivity index (χ0n) is 12.1. The number of amides is 1. The molecule has 0 radical (unpaired) electrons. The highest BCUT2D eigenvalue weighted by Crippen LogP contribution is 2.33. The van der Waals surface area contributed by atoms with Crippen molar-refractivity contribution in [3.63, 3.8) is 0 Å². The van der Waals surface area contributed by atoms with Crippen LogP contribution in [0.1, 0.15) is 53.1 Å². The van der Waals surface area contributed by atoms with Crippen molar-refractivity contribution in [2.45, 2.75) is 38.1 Å². The Morgan fingerprint density at radius 1 is 1.05 bits per heavy atom. The first-order valence-corrected chi connectivity index (χ1v) is 7.60. The van der Waals surface area contributed by atoms with E-state index in [4.69, 9.17) is 0 Å². The lowest BCUT2D eigenvalue weighted by molar-refractivity contribution is 0.0951. The molecular formula is C18H20N2O. The van der Waals surface area contributed by atoms with Gasteiger partial charge in [0.15, 0.2) is 0 Å². The first kappa shape index (κ1) is 13.8. The van der Waals surface area contributed by atoms with Crippen LogP contribution in [0.5, 0.6) is 0 Å². The maximum absolute atomic E-state index is 12.1. The zero-order chi connectivity index (χ0) is 14.5. The number of nitrogens with zero attached hydrogens (tertiary/aromatic N) is 1. The van der Waals surface area contributed by atoms with Gasteiger partial charge in [0.25, 0.3) is 5.91 Å². The standard InChI is InChI=1S/C18H20N2O/c21-18(20-13-14-9-11-19-12-10-14)17-7-5-16(6-8-17)15-3-1-2-4-15/h5-12,15H,1-4,13H2,(H,20,21). The van der Waals surface area contributed by atoms with Gasteiger partial charge in [-0.05, 0) is 54.2 Å². The van der Waals surface area contributed by atoms with Gasteiger partial charge in [0, 0.05) is 24.5 Å². The average molecular weight is 280 g/mol. The molecule has 1 fully saturated rings. The maximum atomic E-state index is 12.1. The molecule has 21 heavy (non-hydrogen) atoms. The summed E-state index contributed by atoms with van der Waals surface area (Å²) in [5.41, 5.74) is 3.16. The van der Waals surface area contributed by atoms with Crippen LogP contribution >= 0.6 is 0 Å². The Labute approximate surface area is 125 Å². The molecule has 1 aliphatic rings. The third-order valence-corrected chi connectivity index (χ3v) is 4.20. The largest absolute Gasteiger partial charge is 0.348 e. The number of nitrogens with one attached hydrogen (secondary N) is 1. The van der Waals surface area contributed by atoms with Crippen LogP contribution in [-0.4, -0.2) is 10.9 Å².